The lowest BCUT2D eigenvalue weighted by molar-refractivity contribution is -0.121. The van der Waals surface area contributed by atoms with E-state index in [0.29, 0.717) is 13.0 Å². The average molecular weight is 200 g/mol. The molecular formula is C8H12N2O2S. The summed E-state index contributed by atoms with van der Waals surface area (Å²) in [6.07, 6.45) is 1.38. The van der Waals surface area contributed by atoms with Crippen molar-refractivity contribution in [1.29, 1.82) is 0 Å². The number of amides is 1. The molecule has 0 aliphatic heterocycles. The molecule has 0 aliphatic carbocycles. The fourth-order valence-electron chi connectivity index (χ4n) is 0.910. The third-order valence-corrected chi connectivity index (χ3v) is 2.24. The maximum atomic E-state index is 11.0. The van der Waals surface area contributed by atoms with Crippen LogP contribution < -0.4 is 10.2 Å². The molecule has 0 aliphatic rings. The third-order valence-electron chi connectivity index (χ3n) is 1.52. The zero-order valence-corrected chi connectivity index (χ0v) is 8.24. The SMILES string of the molecule is CCCC(=O)NCc1csc(=O)[nH]1. The van der Waals surface area contributed by atoms with Crippen molar-refractivity contribution in [2.75, 3.05) is 0 Å². The van der Waals surface area contributed by atoms with Gasteiger partial charge >= 0.3 is 4.87 Å². The van der Waals surface area contributed by atoms with Gasteiger partial charge in [0.25, 0.3) is 0 Å². The van der Waals surface area contributed by atoms with Gasteiger partial charge in [0, 0.05) is 17.5 Å². The zero-order chi connectivity index (χ0) is 9.68. The number of thiazole rings is 1. The first-order valence-corrected chi connectivity index (χ1v) is 5.03. The first-order valence-electron chi connectivity index (χ1n) is 4.15. The Morgan fingerprint density at radius 1 is 1.69 bits per heavy atom. The molecule has 0 saturated carbocycles. The highest BCUT2D eigenvalue weighted by Gasteiger charge is 2.00. The van der Waals surface area contributed by atoms with Crippen molar-refractivity contribution in [3.8, 4) is 0 Å². The molecule has 0 saturated heterocycles. The van der Waals surface area contributed by atoms with E-state index in [1.54, 1.807) is 5.38 Å². The molecule has 1 aromatic heterocycles. The summed E-state index contributed by atoms with van der Waals surface area (Å²) in [4.78, 5) is 24.3. The van der Waals surface area contributed by atoms with Crippen LogP contribution in [0.3, 0.4) is 0 Å². The molecule has 1 amide bonds. The van der Waals surface area contributed by atoms with Crippen LogP contribution in [0.15, 0.2) is 10.2 Å². The van der Waals surface area contributed by atoms with Crippen LogP contribution in [-0.2, 0) is 11.3 Å². The lowest BCUT2D eigenvalue weighted by Gasteiger charge is -2.00. The van der Waals surface area contributed by atoms with Crippen molar-refractivity contribution in [2.45, 2.75) is 26.3 Å². The normalized spacial score (nSPS) is 9.92. The van der Waals surface area contributed by atoms with E-state index < -0.39 is 0 Å². The first-order chi connectivity index (χ1) is 6.22. The van der Waals surface area contributed by atoms with Crippen LogP contribution in [0.5, 0.6) is 0 Å². The van der Waals surface area contributed by atoms with Crippen molar-refractivity contribution >= 4 is 17.2 Å². The molecule has 0 aromatic carbocycles. The number of H-pyrrole nitrogens is 1. The van der Waals surface area contributed by atoms with Crippen LogP contribution in [0.1, 0.15) is 25.5 Å². The molecule has 2 N–H and O–H groups in total. The van der Waals surface area contributed by atoms with Crippen molar-refractivity contribution in [3.05, 3.63) is 20.7 Å². The summed E-state index contributed by atoms with van der Waals surface area (Å²) >= 11 is 1.11. The van der Waals surface area contributed by atoms with Crippen LogP contribution >= 0.6 is 11.3 Å². The molecule has 72 valence electrons. The number of aromatic amines is 1. The van der Waals surface area contributed by atoms with Crippen LogP contribution in [-0.4, -0.2) is 10.9 Å². The Kier molecular flexibility index (Phi) is 3.70. The van der Waals surface area contributed by atoms with E-state index in [1.807, 2.05) is 6.92 Å². The van der Waals surface area contributed by atoms with Gasteiger partial charge in [0.05, 0.1) is 6.54 Å². The number of hydrogen-bond acceptors (Lipinski definition) is 3. The standard InChI is InChI=1S/C8H12N2O2S/c1-2-3-7(11)9-4-6-5-13-8(12)10-6/h5H,2-4H2,1H3,(H,9,11)(H,10,12). The van der Waals surface area contributed by atoms with Crippen LogP contribution in [0.2, 0.25) is 0 Å². The van der Waals surface area contributed by atoms with E-state index in [2.05, 4.69) is 10.3 Å². The van der Waals surface area contributed by atoms with E-state index >= 15 is 0 Å². The average Bonchev–Trinajstić information content (AvgIpc) is 2.49. The topological polar surface area (TPSA) is 62.0 Å². The molecule has 0 spiro atoms. The van der Waals surface area contributed by atoms with Gasteiger partial charge in [-0.15, -0.1) is 0 Å². The zero-order valence-electron chi connectivity index (χ0n) is 7.42. The molecule has 1 heterocycles. The Bertz CT molecular complexity index is 329. The van der Waals surface area contributed by atoms with Gasteiger partial charge < -0.3 is 10.3 Å². The number of aromatic nitrogens is 1. The Balaban J connectivity index is 2.35. The summed E-state index contributed by atoms with van der Waals surface area (Å²) in [5.74, 6) is 0.0227. The van der Waals surface area contributed by atoms with Crippen molar-refractivity contribution in [3.63, 3.8) is 0 Å². The molecule has 1 rings (SSSR count). The predicted octanol–water partition coefficient (Wildman–Crippen LogP) is 0.853. The monoisotopic (exact) mass is 200 g/mol. The third kappa shape index (κ3) is 3.42. The summed E-state index contributed by atoms with van der Waals surface area (Å²) in [6, 6.07) is 0. The maximum Gasteiger partial charge on any atom is 0.304 e. The highest BCUT2D eigenvalue weighted by Crippen LogP contribution is 1.95. The molecular weight excluding hydrogens is 188 g/mol. The highest BCUT2D eigenvalue weighted by atomic mass is 32.1. The van der Waals surface area contributed by atoms with E-state index in [-0.39, 0.29) is 10.8 Å². The minimum absolute atomic E-state index is 0.0227. The molecule has 0 bridgehead atoms. The summed E-state index contributed by atoms with van der Waals surface area (Å²) in [5.41, 5.74) is 0.763. The summed E-state index contributed by atoms with van der Waals surface area (Å²) in [7, 11) is 0. The Morgan fingerprint density at radius 3 is 3.00 bits per heavy atom. The molecule has 0 unspecified atom stereocenters. The number of carbonyl (C=O) groups excluding carboxylic acids is 1. The summed E-state index contributed by atoms with van der Waals surface area (Å²) in [5, 5.41) is 4.43. The van der Waals surface area contributed by atoms with Crippen molar-refractivity contribution in [2.24, 2.45) is 0 Å². The Labute approximate surface area is 80.0 Å². The molecule has 4 nitrogen and oxygen atoms in total. The molecule has 0 atom stereocenters. The maximum absolute atomic E-state index is 11.0. The first kappa shape index (κ1) is 9.98. The number of hydrogen-bond donors (Lipinski definition) is 2. The van der Waals surface area contributed by atoms with E-state index in [1.165, 1.54) is 0 Å². The van der Waals surface area contributed by atoms with Gasteiger partial charge in [-0.1, -0.05) is 18.3 Å². The Hall–Kier alpha value is -1.10. The highest BCUT2D eigenvalue weighted by molar-refractivity contribution is 7.07. The summed E-state index contributed by atoms with van der Waals surface area (Å²) in [6.45, 7) is 2.36. The number of nitrogens with one attached hydrogen (secondary N) is 2. The number of carbonyl (C=O) groups is 1. The molecule has 0 radical (unpaired) electrons. The smallest absolute Gasteiger partial charge is 0.304 e. The van der Waals surface area contributed by atoms with Crippen LogP contribution in [0.4, 0.5) is 0 Å². The fraction of sp³-hybridized carbons (Fsp3) is 0.500. The Morgan fingerprint density at radius 2 is 2.46 bits per heavy atom. The van der Waals surface area contributed by atoms with Gasteiger partial charge in [0.2, 0.25) is 5.91 Å². The van der Waals surface area contributed by atoms with E-state index in [0.717, 1.165) is 23.5 Å². The largest absolute Gasteiger partial charge is 0.351 e. The second-order valence-corrected chi connectivity index (χ2v) is 3.54. The fourth-order valence-corrected chi connectivity index (χ4v) is 1.49. The number of rotatable bonds is 4. The molecule has 0 fully saturated rings. The predicted molar refractivity (Wildman–Crippen MR) is 51.7 cm³/mol. The van der Waals surface area contributed by atoms with Crippen molar-refractivity contribution < 1.29 is 4.79 Å². The second kappa shape index (κ2) is 4.81. The van der Waals surface area contributed by atoms with Crippen LogP contribution in [0.25, 0.3) is 0 Å². The van der Waals surface area contributed by atoms with Crippen molar-refractivity contribution in [1.82, 2.24) is 10.3 Å². The minimum atomic E-state index is -0.0836. The lowest BCUT2D eigenvalue weighted by Crippen LogP contribution is -2.22. The minimum Gasteiger partial charge on any atom is -0.351 e. The van der Waals surface area contributed by atoms with Gasteiger partial charge in [-0.3, -0.25) is 9.59 Å². The van der Waals surface area contributed by atoms with Gasteiger partial charge in [-0.25, -0.2) is 0 Å². The van der Waals surface area contributed by atoms with E-state index in [9.17, 15) is 9.59 Å². The molecule has 5 heteroatoms. The lowest BCUT2D eigenvalue weighted by atomic mass is 10.3. The molecule has 13 heavy (non-hydrogen) atoms. The quantitative estimate of drug-likeness (QED) is 0.757. The second-order valence-electron chi connectivity index (χ2n) is 2.70. The molecule has 1 aromatic rings. The van der Waals surface area contributed by atoms with E-state index in [4.69, 9.17) is 0 Å². The van der Waals surface area contributed by atoms with Gasteiger partial charge in [0.15, 0.2) is 0 Å². The van der Waals surface area contributed by atoms with Gasteiger partial charge in [0.1, 0.15) is 0 Å². The van der Waals surface area contributed by atoms with Gasteiger partial charge in [-0.05, 0) is 6.42 Å². The van der Waals surface area contributed by atoms with Gasteiger partial charge in [-0.2, -0.15) is 0 Å². The summed E-state index contributed by atoms with van der Waals surface area (Å²) < 4.78 is 0. The van der Waals surface area contributed by atoms with Crippen LogP contribution in [0, 0.1) is 0 Å².